The summed E-state index contributed by atoms with van der Waals surface area (Å²) in [5.74, 6) is -0.585. The molecule has 7 nitrogen and oxygen atoms in total. The molecule has 12 heteroatoms. The van der Waals surface area contributed by atoms with E-state index in [4.69, 9.17) is 11.6 Å². The Morgan fingerprint density at radius 2 is 1.97 bits per heavy atom. The number of imide groups is 1. The van der Waals surface area contributed by atoms with Crippen LogP contribution in [0.25, 0.3) is 5.65 Å². The highest BCUT2D eigenvalue weighted by molar-refractivity contribution is 8.00. The summed E-state index contributed by atoms with van der Waals surface area (Å²) in [4.78, 5) is 24.3. The molecule has 3 rings (SSSR count). The molecule has 158 valence electrons. The lowest BCUT2D eigenvalue weighted by atomic mass is 9.96. The maximum atomic E-state index is 13.0. The number of carbonyl (C=O) groups is 2. The summed E-state index contributed by atoms with van der Waals surface area (Å²) in [5, 5.41) is 11.7. The molecule has 1 unspecified atom stereocenters. The van der Waals surface area contributed by atoms with Crippen molar-refractivity contribution in [2.45, 2.75) is 61.7 Å². The van der Waals surface area contributed by atoms with Gasteiger partial charge >= 0.3 is 12.2 Å². The van der Waals surface area contributed by atoms with Crippen LogP contribution in [0.1, 0.15) is 44.6 Å². The molecular formula is C17H19ClF3N5O2S. The average molecular weight is 450 g/mol. The van der Waals surface area contributed by atoms with Crippen LogP contribution in [0.2, 0.25) is 5.02 Å². The summed E-state index contributed by atoms with van der Waals surface area (Å²) in [6, 6.07) is 0.233. The topological polar surface area (TPSA) is 88.4 Å². The zero-order valence-corrected chi connectivity index (χ0v) is 17.0. The molecule has 2 N–H and O–H groups in total. The zero-order valence-electron chi connectivity index (χ0n) is 15.4. The second kappa shape index (κ2) is 8.78. The van der Waals surface area contributed by atoms with E-state index in [1.165, 1.54) is 6.92 Å². The SMILES string of the molecule is CC(Sc1nnc2c(Cl)cc(C(F)(F)F)cn12)C(=O)NC(=O)NC1CCCCC1. The molecule has 0 radical (unpaired) electrons. The number of hydrogen-bond acceptors (Lipinski definition) is 5. The van der Waals surface area contributed by atoms with E-state index in [9.17, 15) is 22.8 Å². The lowest BCUT2D eigenvalue weighted by Crippen LogP contribution is -2.47. The molecule has 3 amide bonds. The van der Waals surface area contributed by atoms with Crippen LogP contribution < -0.4 is 10.6 Å². The molecule has 2 aromatic heterocycles. The van der Waals surface area contributed by atoms with Crippen LogP contribution in [-0.4, -0.2) is 37.8 Å². The van der Waals surface area contributed by atoms with Gasteiger partial charge in [-0.1, -0.05) is 42.6 Å². The van der Waals surface area contributed by atoms with Crippen molar-refractivity contribution >= 4 is 40.9 Å². The first kappa shape index (κ1) is 21.7. The summed E-state index contributed by atoms with van der Waals surface area (Å²) in [7, 11) is 0. The van der Waals surface area contributed by atoms with Crippen LogP contribution in [0.15, 0.2) is 17.4 Å². The number of fused-ring (bicyclic) bond motifs is 1. The third-order valence-electron chi connectivity index (χ3n) is 4.58. The first-order valence-electron chi connectivity index (χ1n) is 9.04. The van der Waals surface area contributed by atoms with Gasteiger partial charge in [-0.3, -0.25) is 14.5 Å². The highest BCUT2D eigenvalue weighted by atomic mass is 35.5. The van der Waals surface area contributed by atoms with Gasteiger partial charge in [0.1, 0.15) is 0 Å². The van der Waals surface area contributed by atoms with Gasteiger partial charge in [0.05, 0.1) is 15.8 Å². The Morgan fingerprint density at radius 1 is 1.28 bits per heavy atom. The number of amides is 3. The number of hydrogen-bond donors (Lipinski definition) is 2. The number of thioether (sulfide) groups is 1. The minimum absolute atomic E-state index is 0.0443. The fraction of sp³-hybridized carbons (Fsp3) is 0.529. The first-order chi connectivity index (χ1) is 13.6. The molecule has 2 heterocycles. The van der Waals surface area contributed by atoms with Gasteiger partial charge in [0.15, 0.2) is 10.8 Å². The molecule has 2 aromatic rings. The van der Waals surface area contributed by atoms with Crippen molar-refractivity contribution in [1.82, 2.24) is 25.2 Å². The van der Waals surface area contributed by atoms with Gasteiger partial charge in [0.25, 0.3) is 0 Å². The van der Waals surface area contributed by atoms with E-state index in [2.05, 4.69) is 20.8 Å². The van der Waals surface area contributed by atoms with E-state index >= 15 is 0 Å². The number of nitrogens with one attached hydrogen (secondary N) is 2. The normalized spacial score (nSPS) is 16.6. The molecule has 1 aliphatic carbocycles. The number of alkyl halides is 3. The third-order valence-corrected chi connectivity index (χ3v) is 5.92. The lowest BCUT2D eigenvalue weighted by molar-refractivity contribution is -0.137. The van der Waals surface area contributed by atoms with Crippen molar-refractivity contribution < 1.29 is 22.8 Å². The molecule has 0 aromatic carbocycles. The van der Waals surface area contributed by atoms with Crippen molar-refractivity contribution in [1.29, 1.82) is 0 Å². The van der Waals surface area contributed by atoms with Gasteiger partial charge in [-0.25, -0.2) is 4.79 Å². The van der Waals surface area contributed by atoms with Crippen LogP contribution in [0.5, 0.6) is 0 Å². The Morgan fingerprint density at radius 3 is 2.62 bits per heavy atom. The van der Waals surface area contributed by atoms with E-state index in [-0.39, 0.29) is 21.9 Å². The number of rotatable bonds is 4. The maximum Gasteiger partial charge on any atom is 0.417 e. The minimum Gasteiger partial charge on any atom is -0.335 e. The summed E-state index contributed by atoms with van der Waals surface area (Å²) < 4.78 is 40.2. The van der Waals surface area contributed by atoms with Gasteiger partial charge in [0, 0.05) is 12.2 Å². The van der Waals surface area contributed by atoms with E-state index in [1.807, 2.05) is 0 Å². The molecule has 0 saturated heterocycles. The van der Waals surface area contributed by atoms with Crippen LogP contribution >= 0.6 is 23.4 Å². The number of urea groups is 1. The highest BCUT2D eigenvalue weighted by Gasteiger charge is 2.32. The fourth-order valence-corrected chi connectivity index (χ4v) is 4.13. The summed E-state index contributed by atoms with van der Waals surface area (Å²) >= 11 is 6.75. The van der Waals surface area contributed by atoms with Crippen molar-refractivity contribution in [3.63, 3.8) is 0 Å². The van der Waals surface area contributed by atoms with Gasteiger partial charge < -0.3 is 5.32 Å². The third kappa shape index (κ3) is 5.33. The van der Waals surface area contributed by atoms with E-state index in [1.54, 1.807) is 0 Å². The predicted octanol–water partition coefficient (Wildman–Crippen LogP) is 4.04. The van der Waals surface area contributed by atoms with Crippen molar-refractivity contribution in [3.8, 4) is 0 Å². The largest absolute Gasteiger partial charge is 0.417 e. The number of carbonyl (C=O) groups excluding carboxylic acids is 2. The van der Waals surface area contributed by atoms with Crippen LogP contribution in [0.3, 0.4) is 0 Å². The predicted molar refractivity (Wildman–Crippen MR) is 102 cm³/mol. The van der Waals surface area contributed by atoms with Crippen LogP contribution in [0, 0.1) is 0 Å². The number of pyridine rings is 1. The second-order valence-electron chi connectivity index (χ2n) is 6.81. The molecule has 1 atom stereocenters. The smallest absolute Gasteiger partial charge is 0.335 e. The molecule has 0 aliphatic heterocycles. The van der Waals surface area contributed by atoms with Crippen molar-refractivity contribution in [3.05, 3.63) is 22.8 Å². The average Bonchev–Trinajstić information content (AvgIpc) is 3.05. The summed E-state index contributed by atoms with van der Waals surface area (Å²) in [5.41, 5.74) is -0.912. The Balaban J connectivity index is 1.67. The second-order valence-corrected chi connectivity index (χ2v) is 8.52. The molecule has 1 saturated carbocycles. The van der Waals surface area contributed by atoms with Gasteiger partial charge in [0.2, 0.25) is 5.91 Å². The van der Waals surface area contributed by atoms with Crippen LogP contribution in [-0.2, 0) is 11.0 Å². The fourth-order valence-electron chi connectivity index (χ4n) is 3.06. The van der Waals surface area contributed by atoms with Crippen molar-refractivity contribution in [2.75, 3.05) is 0 Å². The quantitative estimate of drug-likeness (QED) is 0.688. The number of halogens is 4. The maximum absolute atomic E-state index is 13.0. The number of nitrogens with zero attached hydrogens (tertiary/aromatic N) is 3. The van der Waals surface area contributed by atoms with E-state index in [0.29, 0.717) is 0 Å². The molecule has 0 bridgehead atoms. The number of aromatic nitrogens is 3. The van der Waals surface area contributed by atoms with Gasteiger partial charge in [-0.2, -0.15) is 13.2 Å². The van der Waals surface area contributed by atoms with Gasteiger partial charge in [-0.05, 0) is 25.8 Å². The lowest BCUT2D eigenvalue weighted by Gasteiger charge is -2.22. The minimum atomic E-state index is -4.59. The van der Waals surface area contributed by atoms with Crippen LogP contribution in [0.4, 0.5) is 18.0 Å². The highest BCUT2D eigenvalue weighted by Crippen LogP contribution is 2.33. The standard InChI is InChI=1S/C17H19ClF3N5O2S/c1-9(14(27)23-15(28)22-11-5-3-2-4-6-11)29-16-25-24-13-12(18)7-10(8-26(13)16)17(19,20)21/h7-9,11H,2-6H2,1H3,(H2,22,23,27,28). The molecular weight excluding hydrogens is 431 g/mol. The monoisotopic (exact) mass is 449 g/mol. The first-order valence-corrected chi connectivity index (χ1v) is 10.3. The molecule has 0 spiro atoms. The summed E-state index contributed by atoms with van der Waals surface area (Å²) in [6.45, 7) is 1.52. The zero-order chi connectivity index (χ0) is 21.2. The van der Waals surface area contributed by atoms with Crippen molar-refractivity contribution in [2.24, 2.45) is 0 Å². The molecule has 29 heavy (non-hydrogen) atoms. The summed E-state index contributed by atoms with van der Waals surface area (Å²) in [6.07, 6.45) is 1.19. The van der Waals surface area contributed by atoms with E-state index < -0.39 is 28.9 Å². The van der Waals surface area contributed by atoms with E-state index in [0.717, 1.165) is 60.5 Å². The Bertz CT molecular complexity index is 914. The van der Waals surface area contributed by atoms with Gasteiger partial charge in [-0.15, -0.1) is 10.2 Å². The Hall–Kier alpha value is -2.01. The Labute approximate surface area is 173 Å². The molecule has 1 aliphatic rings. The Kier molecular flexibility index (Phi) is 6.57. The molecule has 1 fully saturated rings.